The predicted octanol–water partition coefficient (Wildman–Crippen LogP) is 4.26. The van der Waals surface area contributed by atoms with Gasteiger partial charge in [0, 0.05) is 10.8 Å². The summed E-state index contributed by atoms with van der Waals surface area (Å²) in [7, 11) is -1.07. The van der Waals surface area contributed by atoms with Crippen LogP contribution >= 0.6 is 0 Å². The van der Waals surface area contributed by atoms with E-state index >= 15 is 0 Å². The molecular formula is C36H44Cl2SiZr-2. The third kappa shape index (κ3) is 6.27. The summed E-state index contributed by atoms with van der Waals surface area (Å²) in [5, 5.41) is 7.17. The molecule has 0 saturated carbocycles. The Kier molecular flexibility index (Phi) is 10.7. The molecular weight excluding hydrogens is 623 g/mol. The number of hydrogen-bond acceptors (Lipinski definition) is 0. The number of fused-ring (bicyclic) bond motifs is 5. The van der Waals surface area contributed by atoms with Crippen molar-refractivity contribution in [2.45, 2.75) is 85.9 Å². The fourth-order valence-electron chi connectivity index (χ4n) is 6.87. The summed E-state index contributed by atoms with van der Waals surface area (Å²) in [6.07, 6.45) is 10.6. The van der Waals surface area contributed by atoms with Gasteiger partial charge in [-0.15, -0.1) is 39.7 Å². The number of benzene rings is 2. The van der Waals surface area contributed by atoms with Gasteiger partial charge in [0.25, 0.3) is 0 Å². The molecule has 0 fully saturated rings. The SMILES string of the molecule is CC1=CC(C)(C)c2cc3[cH-]c4cc5c(cc4c3cc21)C(C)=CC5(C)C.CC1=[C-]C(C)C=C1[Si](C)(C)C.[CH2]=[Zr+2].[Cl-].[Cl-]. The molecule has 0 saturated heterocycles. The normalized spacial score (nSPS) is 19.5. The van der Waals surface area contributed by atoms with E-state index in [-0.39, 0.29) is 35.6 Å². The minimum Gasteiger partial charge on any atom is -1.00 e. The van der Waals surface area contributed by atoms with Crippen LogP contribution in [0, 0.1) is 12.0 Å². The molecule has 6 rings (SSSR count). The maximum Gasteiger partial charge on any atom is -1.00 e. The molecule has 0 aliphatic heterocycles. The quantitative estimate of drug-likeness (QED) is 0.269. The summed E-state index contributed by atoms with van der Waals surface area (Å²) in [6, 6.07) is 12.1. The van der Waals surface area contributed by atoms with Gasteiger partial charge in [0.15, 0.2) is 0 Å². The Morgan fingerprint density at radius 2 is 1.18 bits per heavy atom. The molecule has 0 N–H and O–H groups in total. The molecule has 212 valence electrons. The zero-order chi connectivity index (χ0) is 28.4. The number of hydrogen-bond donors (Lipinski definition) is 0. The Morgan fingerprint density at radius 1 is 0.775 bits per heavy atom. The van der Waals surface area contributed by atoms with Gasteiger partial charge < -0.3 is 24.8 Å². The van der Waals surface area contributed by atoms with Crippen molar-refractivity contribution in [3.8, 4) is 0 Å². The van der Waals surface area contributed by atoms with Crippen molar-refractivity contribution in [3.05, 3.63) is 87.7 Å². The Morgan fingerprint density at radius 3 is 1.48 bits per heavy atom. The molecule has 3 aliphatic rings. The van der Waals surface area contributed by atoms with Crippen molar-refractivity contribution in [3.63, 3.8) is 0 Å². The van der Waals surface area contributed by atoms with Crippen molar-refractivity contribution in [2.24, 2.45) is 5.92 Å². The van der Waals surface area contributed by atoms with Crippen LogP contribution in [-0.4, -0.2) is 12.3 Å². The minimum atomic E-state index is -1.07. The summed E-state index contributed by atoms with van der Waals surface area (Å²) in [5.74, 6) is 0.553. The molecule has 3 aromatic rings. The van der Waals surface area contributed by atoms with Gasteiger partial charge in [0.2, 0.25) is 0 Å². The fraction of sp³-hybridized carbons (Fsp3) is 0.389. The second-order valence-corrected chi connectivity index (χ2v) is 18.6. The fourth-order valence-corrected chi connectivity index (χ4v) is 8.81. The Bertz CT molecular complexity index is 1480. The summed E-state index contributed by atoms with van der Waals surface area (Å²) >= 11 is 1.30. The third-order valence-electron chi connectivity index (χ3n) is 8.45. The Hall–Kier alpha value is -1.18. The van der Waals surface area contributed by atoms with Crippen LogP contribution in [0.25, 0.3) is 32.7 Å². The topological polar surface area (TPSA) is 0 Å². The van der Waals surface area contributed by atoms with Gasteiger partial charge in [0.05, 0.1) is 0 Å². The number of rotatable bonds is 1. The van der Waals surface area contributed by atoms with E-state index in [4.69, 9.17) is 0 Å². The van der Waals surface area contributed by atoms with Gasteiger partial charge in [-0.05, 0) is 44.2 Å². The second kappa shape index (κ2) is 12.2. The van der Waals surface area contributed by atoms with Crippen LogP contribution in [-0.2, 0) is 35.1 Å². The monoisotopic (exact) mass is 664 g/mol. The predicted molar refractivity (Wildman–Crippen MR) is 171 cm³/mol. The molecule has 0 aromatic heterocycles. The maximum absolute atomic E-state index is 3.43. The molecule has 1 unspecified atom stereocenters. The first-order chi connectivity index (χ1) is 17.6. The average Bonchev–Trinajstić information content (AvgIpc) is 3.48. The molecule has 3 aromatic carbocycles. The summed E-state index contributed by atoms with van der Waals surface area (Å²) in [5.41, 5.74) is 10.3. The van der Waals surface area contributed by atoms with Crippen LogP contribution in [0.5, 0.6) is 0 Å². The number of halogens is 2. The first-order valence-corrected chi connectivity index (χ1v) is 19.1. The largest absolute Gasteiger partial charge is 1.00 e. The van der Waals surface area contributed by atoms with Crippen LogP contribution in [0.4, 0.5) is 0 Å². The van der Waals surface area contributed by atoms with Gasteiger partial charge in [-0.25, -0.2) is 10.8 Å². The molecule has 0 spiro atoms. The van der Waals surface area contributed by atoms with E-state index in [9.17, 15) is 0 Å². The van der Waals surface area contributed by atoms with E-state index in [0.717, 1.165) is 0 Å². The van der Waals surface area contributed by atoms with Crippen molar-refractivity contribution >= 4 is 45.0 Å². The number of allylic oxidation sites excluding steroid dienone is 8. The van der Waals surface area contributed by atoms with Crippen LogP contribution in [0.3, 0.4) is 0 Å². The summed E-state index contributed by atoms with van der Waals surface area (Å²) in [6.45, 7) is 25.3. The van der Waals surface area contributed by atoms with Crippen LogP contribution in [0.15, 0.2) is 59.3 Å². The molecule has 4 heteroatoms. The van der Waals surface area contributed by atoms with E-state index in [1.165, 1.54) is 84.8 Å². The van der Waals surface area contributed by atoms with Gasteiger partial charge in [-0.2, -0.15) is 6.08 Å². The summed E-state index contributed by atoms with van der Waals surface area (Å²) < 4.78 is 3.34. The molecule has 0 heterocycles. The van der Waals surface area contributed by atoms with E-state index < -0.39 is 8.07 Å². The molecule has 1 atom stereocenters. The molecule has 0 nitrogen and oxygen atoms in total. The van der Waals surface area contributed by atoms with Crippen molar-refractivity contribution in [2.75, 3.05) is 0 Å². The zero-order valence-corrected chi connectivity index (χ0v) is 31.1. The van der Waals surface area contributed by atoms with E-state index in [1.54, 1.807) is 5.20 Å². The molecule has 0 amide bonds. The molecule has 3 aliphatic carbocycles. The van der Waals surface area contributed by atoms with Crippen LogP contribution in [0.1, 0.15) is 77.6 Å². The van der Waals surface area contributed by atoms with Gasteiger partial charge >= 0.3 is 28.4 Å². The van der Waals surface area contributed by atoms with E-state index in [1.807, 2.05) is 0 Å². The van der Waals surface area contributed by atoms with Gasteiger partial charge in [-0.3, -0.25) is 6.08 Å². The Balaban J connectivity index is 0.000000320. The van der Waals surface area contributed by atoms with Crippen LogP contribution < -0.4 is 24.8 Å². The maximum atomic E-state index is 3.43. The zero-order valence-electron chi connectivity index (χ0n) is 26.2. The molecule has 40 heavy (non-hydrogen) atoms. The second-order valence-electron chi connectivity index (χ2n) is 13.6. The van der Waals surface area contributed by atoms with E-state index in [2.05, 4.69) is 134 Å². The smallest absolute Gasteiger partial charge is 1.00 e. The van der Waals surface area contributed by atoms with Crippen molar-refractivity contribution < 1.29 is 49.0 Å². The van der Waals surface area contributed by atoms with E-state index in [0.29, 0.717) is 5.92 Å². The van der Waals surface area contributed by atoms with Gasteiger partial charge in [-0.1, -0.05) is 103 Å². The summed E-state index contributed by atoms with van der Waals surface area (Å²) in [4.78, 5) is 0. The van der Waals surface area contributed by atoms with Crippen molar-refractivity contribution in [1.29, 1.82) is 0 Å². The third-order valence-corrected chi connectivity index (χ3v) is 10.6. The first-order valence-electron chi connectivity index (χ1n) is 13.9. The minimum absolute atomic E-state index is 0. The van der Waals surface area contributed by atoms with Crippen LogP contribution in [0.2, 0.25) is 19.6 Å². The molecule has 0 radical (unpaired) electrons. The standard InChI is InChI=1S/C25H25.C10H17Si.CH2.2ClH.Zr/c1-14-12-24(3,4)22-8-16-7-17-9-23-19(15(2)13-25(23,5)6)11-21(17)20(16)10-18(14)22;1-8-6-9(2)10(7-8)11(3,4)5;;;;/h7-13H,1-6H3;7-8H,1-5H3;1H2;2*1H;/q2*-1;;;;+2/p-2. The van der Waals surface area contributed by atoms with Crippen molar-refractivity contribution in [1.82, 2.24) is 0 Å². The van der Waals surface area contributed by atoms with Gasteiger partial charge in [0.1, 0.15) is 0 Å². The Labute approximate surface area is 271 Å². The molecule has 0 bridgehead atoms. The average molecular weight is 667 g/mol. The first kappa shape index (κ1) is 35.0.